The fourth-order valence-electron chi connectivity index (χ4n) is 1.54. The number of rotatable bonds is 4. The van der Waals surface area contributed by atoms with Crippen molar-refractivity contribution in [3.63, 3.8) is 0 Å². The van der Waals surface area contributed by atoms with Crippen LogP contribution in [0.3, 0.4) is 0 Å². The third-order valence-corrected chi connectivity index (χ3v) is 2.64. The Morgan fingerprint density at radius 3 is 2.30 bits per heavy atom. The third kappa shape index (κ3) is 5.73. The number of anilines is 1. The average molecular weight is 290 g/mol. The second-order valence-electron chi connectivity index (χ2n) is 5.86. The lowest BCUT2D eigenvalue weighted by Gasteiger charge is -2.22. The van der Waals surface area contributed by atoms with Gasteiger partial charge in [0.25, 0.3) is 0 Å². The van der Waals surface area contributed by atoms with Crippen molar-refractivity contribution in [2.24, 2.45) is 0 Å². The first kappa shape index (κ1) is 16.7. The van der Waals surface area contributed by atoms with Gasteiger partial charge in [-0.1, -0.05) is 0 Å². The zero-order chi connectivity index (χ0) is 15.6. The minimum absolute atomic E-state index is 0.0435. The van der Waals surface area contributed by atoms with Crippen molar-refractivity contribution in [3.05, 3.63) is 17.5 Å². The van der Waals surface area contributed by atoms with Crippen LogP contribution in [0.15, 0.2) is 6.20 Å². The van der Waals surface area contributed by atoms with Gasteiger partial charge < -0.3 is 10.2 Å². The highest BCUT2D eigenvalue weighted by molar-refractivity contribution is 5.32. The van der Waals surface area contributed by atoms with E-state index in [2.05, 4.69) is 15.3 Å². The summed E-state index contributed by atoms with van der Waals surface area (Å²) in [7, 11) is 1.33. The van der Waals surface area contributed by atoms with Gasteiger partial charge in [0.1, 0.15) is 6.54 Å². The predicted molar refractivity (Wildman–Crippen MR) is 72.7 cm³/mol. The van der Waals surface area contributed by atoms with Crippen LogP contribution in [0, 0.1) is 6.92 Å². The van der Waals surface area contributed by atoms with Gasteiger partial charge >= 0.3 is 6.18 Å². The van der Waals surface area contributed by atoms with Crippen LogP contribution in [-0.2, 0) is 6.54 Å². The summed E-state index contributed by atoms with van der Waals surface area (Å²) in [6.45, 7) is 7.40. The normalized spacial score (nSPS) is 12.6. The van der Waals surface area contributed by atoms with Crippen molar-refractivity contribution in [2.45, 2.75) is 46.0 Å². The molecular formula is C13H21F3N4. The lowest BCUT2D eigenvalue weighted by Crippen LogP contribution is -2.35. The molecule has 0 unspecified atom stereocenters. The standard InChI is InChI=1S/C13H21F3N4/c1-9-10(7-18-12(2,3)4)6-17-11(19-9)20(5)8-13(14,15)16/h6,18H,7-8H2,1-5H3. The van der Waals surface area contributed by atoms with Gasteiger partial charge in [0, 0.05) is 36.6 Å². The van der Waals surface area contributed by atoms with Crippen LogP contribution in [-0.4, -0.2) is 35.3 Å². The SMILES string of the molecule is Cc1nc(N(C)CC(F)(F)F)ncc1CNC(C)(C)C. The smallest absolute Gasteiger partial charge is 0.335 e. The summed E-state index contributed by atoms with van der Waals surface area (Å²) in [6.07, 6.45) is -2.69. The highest BCUT2D eigenvalue weighted by Crippen LogP contribution is 2.19. The first-order valence-corrected chi connectivity index (χ1v) is 6.33. The fourth-order valence-corrected chi connectivity index (χ4v) is 1.54. The second kappa shape index (κ2) is 5.95. The summed E-state index contributed by atoms with van der Waals surface area (Å²) in [5, 5.41) is 3.29. The Labute approximate surface area is 117 Å². The molecule has 0 spiro atoms. The van der Waals surface area contributed by atoms with E-state index in [9.17, 15) is 13.2 Å². The molecule has 20 heavy (non-hydrogen) atoms. The highest BCUT2D eigenvalue weighted by atomic mass is 19.4. The van der Waals surface area contributed by atoms with Crippen LogP contribution in [0.2, 0.25) is 0 Å². The molecule has 7 heteroatoms. The molecule has 0 amide bonds. The first-order chi connectivity index (χ1) is 8.98. The Morgan fingerprint density at radius 1 is 1.25 bits per heavy atom. The Morgan fingerprint density at radius 2 is 1.85 bits per heavy atom. The van der Waals surface area contributed by atoms with Gasteiger partial charge in [0.2, 0.25) is 5.95 Å². The summed E-state index contributed by atoms with van der Waals surface area (Å²) < 4.78 is 36.9. The summed E-state index contributed by atoms with van der Waals surface area (Å²) in [5.74, 6) is 0.0827. The van der Waals surface area contributed by atoms with Crippen LogP contribution in [0.1, 0.15) is 32.0 Å². The molecule has 0 bridgehead atoms. The lowest BCUT2D eigenvalue weighted by atomic mass is 10.1. The molecule has 114 valence electrons. The van der Waals surface area contributed by atoms with Crippen molar-refractivity contribution in [1.29, 1.82) is 0 Å². The Balaban J connectivity index is 2.77. The predicted octanol–water partition coefficient (Wildman–Crippen LogP) is 2.67. The molecule has 0 fully saturated rings. The lowest BCUT2D eigenvalue weighted by molar-refractivity contribution is -0.119. The van der Waals surface area contributed by atoms with Gasteiger partial charge in [-0.15, -0.1) is 0 Å². The van der Waals surface area contributed by atoms with E-state index in [-0.39, 0.29) is 11.5 Å². The summed E-state index contributed by atoms with van der Waals surface area (Å²) >= 11 is 0. The van der Waals surface area contributed by atoms with E-state index in [0.717, 1.165) is 10.5 Å². The largest absolute Gasteiger partial charge is 0.406 e. The molecule has 0 aliphatic heterocycles. The maximum Gasteiger partial charge on any atom is 0.406 e. The molecule has 0 saturated heterocycles. The van der Waals surface area contributed by atoms with E-state index in [0.29, 0.717) is 12.2 Å². The van der Waals surface area contributed by atoms with Gasteiger partial charge in [0.15, 0.2) is 0 Å². The number of aryl methyl sites for hydroxylation is 1. The molecule has 1 aromatic heterocycles. The minimum atomic E-state index is -4.27. The molecule has 4 nitrogen and oxygen atoms in total. The van der Waals surface area contributed by atoms with E-state index in [4.69, 9.17) is 0 Å². The minimum Gasteiger partial charge on any atom is -0.335 e. The zero-order valence-corrected chi connectivity index (χ0v) is 12.5. The average Bonchev–Trinajstić information content (AvgIpc) is 2.23. The van der Waals surface area contributed by atoms with Gasteiger partial charge in [-0.25, -0.2) is 9.97 Å². The van der Waals surface area contributed by atoms with E-state index in [1.165, 1.54) is 7.05 Å². The zero-order valence-electron chi connectivity index (χ0n) is 12.5. The number of aromatic nitrogens is 2. The topological polar surface area (TPSA) is 41.1 Å². The quantitative estimate of drug-likeness (QED) is 0.925. The second-order valence-corrected chi connectivity index (χ2v) is 5.86. The van der Waals surface area contributed by atoms with Crippen LogP contribution in [0.4, 0.5) is 19.1 Å². The van der Waals surface area contributed by atoms with Gasteiger partial charge in [-0.05, 0) is 27.7 Å². The number of halogens is 3. The van der Waals surface area contributed by atoms with Crippen molar-refractivity contribution >= 4 is 5.95 Å². The van der Waals surface area contributed by atoms with Crippen molar-refractivity contribution in [2.75, 3.05) is 18.5 Å². The molecule has 1 aromatic rings. The summed E-state index contributed by atoms with van der Waals surface area (Å²) in [6, 6.07) is 0. The van der Waals surface area contributed by atoms with Crippen LogP contribution in [0.25, 0.3) is 0 Å². The number of nitrogens with zero attached hydrogens (tertiary/aromatic N) is 3. The van der Waals surface area contributed by atoms with Gasteiger partial charge in [0.05, 0.1) is 0 Å². The van der Waals surface area contributed by atoms with Crippen LogP contribution >= 0.6 is 0 Å². The van der Waals surface area contributed by atoms with E-state index in [1.54, 1.807) is 13.1 Å². The van der Waals surface area contributed by atoms with Crippen molar-refractivity contribution in [3.8, 4) is 0 Å². The fraction of sp³-hybridized carbons (Fsp3) is 0.692. The molecule has 1 rings (SSSR count). The Hall–Kier alpha value is -1.37. The Kier molecular flexibility index (Phi) is 4.96. The molecule has 0 radical (unpaired) electrons. The molecular weight excluding hydrogens is 269 g/mol. The number of hydrogen-bond donors (Lipinski definition) is 1. The van der Waals surface area contributed by atoms with Crippen LogP contribution in [0.5, 0.6) is 0 Å². The molecule has 0 aliphatic rings. The van der Waals surface area contributed by atoms with Gasteiger partial charge in [-0.2, -0.15) is 13.2 Å². The van der Waals surface area contributed by atoms with E-state index < -0.39 is 12.7 Å². The molecule has 0 atom stereocenters. The molecule has 0 aromatic carbocycles. The van der Waals surface area contributed by atoms with E-state index in [1.807, 2.05) is 20.8 Å². The number of hydrogen-bond acceptors (Lipinski definition) is 4. The molecule has 1 N–H and O–H groups in total. The van der Waals surface area contributed by atoms with Crippen molar-refractivity contribution in [1.82, 2.24) is 15.3 Å². The van der Waals surface area contributed by atoms with Crippen LogP contribution < -0.4 is 10.2 Å². The molecule has 1 heterocycles. The summed E-state index contributed by atoms with van der Waals surface area (Å²) in [4.78, 5) is 9.13. The third-order valence-electron chi connectivity index (χ3n) is 2.64. The highest BCUT2D eigenvalue weighted by Gasteiger charge is 2.30. The maximum atomic E-state index is 12.3. The van der Waals surface area contributed by atoms with Crippen molar-refractivity contribution < 1.29 is 13.2 Å². The maximum absolute atomic E-state index is 12.3. The summed E-state index contributed by atoms with van der Waals surface area (Å²) in [5.41, 5.74) is 1.52. The molecule has 0 aliphatic carbocycles. The monoisotopic (exact) mass is 290 g/mol. The van der Waals surface area contributed by atoms with E-state index >= 15 is 0 Å². The Bertz CT molecular complexity index is 452. The number of alkyl halides is 3. The molecule has 0 saturated carbocycles. The first-order valence-electron chi connectivity index (χ1n) is 6.33. The van der Waals surface area contributed by atoms with Gasteiger partial charge in [-0.3, -0.25) is 0 Å². The number of nitrogens with one attached hydrogen (secondary N) is 1.